The molecule has 4 heterocycles. The molecule has 4 aromatic rings. The molecule has 0 bridgehead atoms. The third kappa shape index (κ3) is 3.25. The third-order valence-electron chi connectivity index (χ3n) is 5.92. The molecule has 1 aliphatic rings. The van der Waals surface area contributed by atoms with E-state index in [0.29, 0.717) is 52.5 Å². The van der Waals surface area contributed by atoms with Gasteiger partial charge in [0.2, 0.25) is 0 Å². The second-order valence-corrected chi connectivity index (χ2v) is 8.40. The van der Waals surface area contributed by atoms with Crippen LogP contribution in [0.3, 0.4) is 0 Å². The highest BCUT2D eigenvalue weighted by Crippen LogP contribution is 2.36. The normalized spacial score (nSPS) is 20.9. The lowest BCUT2D eigenvalue weighted by Gasteiger charge is -2.40. The van der Waals surface area contributed by atoms with Crippen LogP contribution in [0.5, 0.6) is 5.75 Å². The molecule has 8 nitrogen and oxygen atoms in total. The third-order valence-corrected chi connectivity index (χ3v) is 5.92. The number of aryl methyl sites for hydroxylation is 1. The molecule has 0 amide bonds. The standard InChI is InChI=1S/C22H22FN5O3/c1-12-25-16-10-18(30-11-29)14(9-19(16)31-12)15-8-13-5-7-28(21(13)27-26-15)17-4-6-24-22(2,3)20(17)23/h5,7-11,17,20,24H,4,6H2,1-3H3/t17-,20-/m1/s1. The van der Waals surface area contributed by atoms with Gasteiger partial charge in [0, 0.05) is 35.7 Å². The molecule has 9 heteroatoms. The molecular weight excluding hydrogens is 401 g/mol. The molecule has 0 aliphatic carbocycles. The summed E-state index contributed by atoms with van der Waals surface area (Å²) in [4.78, 5) is 15.3. The van der Waals surface area contributed by atoms with Crippen molar-refractivity contribution in [3.05, 3.63) is 36.4 Å². The first-order chi connectivity index (χ1) is 14.9. The summed E-state index contributed by atoms with van der Waals surface area (Å²) in [6, 6.07) is 6.79. The average molecular weight is 423 g/mol. The second kappa shape index (κ2) is 7.12. The zero-order valence-electron chi connectivity index (χ0n) is 17.4. The maximum absolute atomic E-state index is 15.2. The van der Waals surface area contributed by atoms with E-state index in [-0.39, 0.29) is 6.04 Å². The van der Waals surface area contributed by atoms with Crippen LogP contribution in [0.15, 0.2) is 34.9 Å². The fourth-order valence-electron chi connectivity index (χ4n) is 4.32. The van der Waals surface area contributed by atoms with E-state index in [9.17, 15) is 4.79 Å². The second-order valence-electron chi connectivity index (χ2n) is 8.40. The number of nitrogens with zero attached hydrogens (tertiary/aromatic N) is 4. The predicted octanol–water partition coefficient (Wildman–Crippen LogP) is 3.73. The van der Waals surface area contributed by atoms with E-state index in [0.717, 1.165) is 11.9 Å². The van der Waals surface area contributed by atoms with Crippen LogP contribution in [0.25, 0.3) is 33.4 Å². The molecule has 1 aromatic carbocycles. The number of carbonyl (C=O) groups excluding carboxylic acids is 1. The molecule has 1 saturated heterocycles. The average Bonchev–Trinajstić information content (AvgIpc) is 3.31. The van der Waals surface area contributed by atoms with Crippen molar-refractivity contribution in [1.82, 2.24) is 25.1 Å². The van der Waals surface area contributed by atoms with Crippen molar-refractivity contribution in [2.45, 2.75) is 44.9 Å². The van der Waals surface area contributed by atoms with Crippen molar-refractivity contribution in [2.24, 2.45) is 0 Å². The van der Waals surface area contributed by atoms with Gasteiger partial charge in [-0.3, -0.25) is 4.79 Å². The highest BCUT2D eigenvalue weighted by atomic mass is 19.1. The Balaban J connectivity index is 1.59. The van der Waals surface area contributed by atoms with Crippen LogP contribution in [-0.2, 0) is 4.79 Å². The molecule has 1 N–H and O–H groups in total. The largest absolute Gasteiger partial charge is 0.441 e. The van der Waals surface area contributed by atoms with Crippen LogP contribution in [-0.4, -0.2) is 44.5 Å². The fraction of sp³-hybridized carbons (Fsp3) is 0.364. The van der Waals surface area contributed by atoms with Crippen LogP contribution < -0.4 is 10.1 Å². The van der Waals surface area contributed by atoms with E-state index in [1.807, 2.05) is 36.7 Å². The van der Waals surface area contributed by atoms with E-state index in [1.54, 1.807) is 19.1 Å². The summed E-state index contributed by atoms with van der Waals surface area (Å²) in [7, 11) is 0. The van der Waals surface area contributed by atoms with Crippen LogP contribution in [0.2, 0.25) is 0 Å². The monoisotopic (exact) mass is 423 g/mol. The first-order valence-corrected chi connectivity index (χ1v) is 10.1. The Labute approximate surface area is 177 Å². The number of carbonyl (C=O) groups is 1. The number of hydrogen-bond donors (Lipinski definition) is 1. The topological polar surface area (TPSA) is 95.1 Å². The maximum atomic E-state index is 15.2. The number of oxazole rings is 1. The number of piperidine rings is 1. The number of aromatic nitrogens is 4. The van der Waals surface area contributed by atoms with Crippen molar-refractivity contribution < 1.29 is 18.3 Å². The van der Waals surface area contributed by atoms with E-state index < -0.39 is 11.7 Å². The van der Waals surface area contributed by atoms with Gasteiger partial charge >= 0.3 is 0 Å². The van der Waals surface area contributed by atoms with Gasteiger partial charge in [0.15, 0.2) is 17.1 Å². The van der Waals surface area contributed by atoms with Crippen molar-refractivity contribution >= 4 is 28.6 Å². The quantitative estimate of drug-likeness (QED) is 0.500. The Morgan fingerprint density at radius 1 is 1.32 bits per heavy atom. The summed E-state index contributed by atoms with van der Waals surface area (Å²) in [6.45, 7) is 6.58. The Kier molecular flexibility index (Phi) is 4.51. The summed E-state index contributed by atoms with van der Waals surface area (Å²) in [5.41, 5.74) is 2.22. The minimum absolute atomic E-state index is 0.313. The van der Waals surface area contributed by atoms with Crippen molar-refractivity contribution in [3.8, 4) is 17.0 Å². The van der Waals surface area contributed by atoms with Gasteiger partial charge in [0.05, 0.1) is 11.7 Å². The number of alkyl halides is 1. The van der Waals surface area contributed by atoms with Crippen LogP contribution in [0, 0.1) is 6.92 Å². The minimum Gasteiger partial charge on any atom is -0.441 e. The molecule has 0 saturated carbocycles. The number of hydrogen-bond acceptors (Lipinski definition) is 7. The Morgan fingerprint density at radius 2 is 2.16 bits per heavy atom. The van der Waals surface area contributed by atoms with Gasteiger partial charge in [-0.25, -0.2) is 9.37 Å². The number of benzene rings is 1. The first-order valence-electron chi connectivity index (χ1n) is 10.1. The number of ether oxygens (including phenoxy) is 1. The molecule has 5 rings (SSSR count). The summed E-state index contributed by atoms with van der Waals surface area (Å²) >= 11 is 0. The summed E-state index contributed by atoms with van der Waals surface area (Å²) in [5, 5.41) is 12.8. The molecular formula is C22H22FN5O3. The van der Waals surface area contributed by atoms with Crippen molar-refractivity contribution in [1.29, 1.82) is 0 Å². The predicted molar refractivity (Wildman–Crippen MR) is 113 cm³/mol. The molecule has 3 aromatic heterocycles. The first kappa shape index (κ1) is 19.6. The van der Waals surface area contributed by atoms with Crippen molar-refractivity contribution in [3.63, 3.8) is 0 Å². The lowest BCUT2D eigenvalue weighted by Crippen LogP contribution is -2.55. The van der Waals surface area contributed by atoms with E-state index in [4.69, 9.17) is 9.15 Å². The lowest BCUT2D eigenvalue weighted by molar-refractivity contribution is -0.120. The molecule has 160 valence electrons. The molecule has 0 spiro atoms. The smallest absolute Gasteiger partial charge is 0.298 e. The van der Waals surface area contributed by atoms with Gasteiger partial charge < -0.3 is 19.0 Å². The van der Waals surface area contributed by atoms with E-state index in [2.05, 4.69) is 20.5 Å². The highest BCUT2D eigenvalue weighted by Gasteiger charge is 2.40. The van der Waals surface area contributed by atoms with Crippen molar-refractivity contribution in [2.75, 3.05) is 6.54 Å². The number of halogens is 1. The number of fused-ring (bicyclic) bond motifs is 2. The number of nitrogens with one attached hydrogen (secondary N) is 1. The molecule has 0 radical (unpaired) electrons. The fourth-order valence-corrected chi connectivity index (χ4v) is 4.32. The van der Waals surface area contributed by atoms with E-state index >= 15 is 4.39 Å². The van der Waals surface area contributed by atoms with Gasteiger partial charge in [-0.2, -0.15) is 0 Å². The SMILES string of the molecule is Cc1nc2cc(OC=O)c(-c3cc4ccn([C@@H]5CCNC(C)(C)[C@@H]5F)c4nn3)cc2o1. The zero-order chi connectivity index (χ0) is 21.8. The van der Waals surface area contributed by atoms with Crippen LogP contribution >= 0.6 is 0 Å². The molecule has 1 aliphatic heterocycles. The highest BCUT2D eigenvalue weighted by molar-refractivity contribution is 5.87. The minimum atomic E-state index is -1.07. The van der Waals surface area contributed by atoms with Gasteiger partial charge in [0.1, 0.15) is 17.4 Å². The summed E-state index contributed by atoms with van der Waals surface area (Å²) in [5.74, 6) is 0.821. The van der Waals surface area contributed by atoms with Gasteiger partial charge in [-0.05, 0) is 45.0 Å². The summed E-state index contributed by atoms with van der Waals surface area (Å²) < 4.78 is 27.8. The molecule has 0 unspecified atom stereocenters. The molecule has 31 heavy (non-hydrogen) atoms. The van der Waals surface area contributed by atoms with Gasteiger partial charge in [-0.15, -0.1) is 10.2 Å². The summed E-state index contributed by atoms with van der Waals surface area (Å²) in [6.07, 6.45) is 1.45. The lowest BCUT2D eigenvalue weighted by atomic mass is 9.87. The van der Waals surface area contributed by atoms with Gasteiger partial charge in [0.25, 0.3) is 6.47 Å². The Morgan fingerprint density at radius 3 is 2.97 bits per heavy atom. The molecule has 2 atom stereocenters. The number of rotatable bonds is 4. The van der Waals surface area contributed by atoms with Crippen LogP contribution in [0.1, 0.15) is 32.2 Å². The zero-order valence-corrected chi connectivity index (χ0v) is 17.4. The van der Waals surface area contributed by atoms with Crippen LogP contribution in [0.4, 0.5) is 4.39 Å². The Bertz CT molecular complexity index is 1300. The van der Waals surface area contributed by atoms with E-state index in [1.165, 1.54) is 0 Å². The Hall–Kier alpha value is -3.33. The molecule has 1 fully saturated rings. The maximum Gasteiger partial charge on any atom is 0.298 e. The van der Waals surface area contributed by atoms with Gasteiger partial charge in [-0.1, -0.05) is 0 Å².